The third-order valence-electron chi connectivity index (χ3n) is 3.68. The summed E-state index contributed by atoms with van der Waals surface area (Å²) in [4.78, 5) is 24.9. The first-order valence-electron chi connectivity index (χ1n) is 7.78. The van der Waals surface area contributed by atoms with Gasteiger partial charge in [-0.1, -0.05) is 13.8 Å². The van der Waals surface area contributed by atoms with E-state index in [2.05, 4.69) is 4.72 Å². The fourth-order valence-electron chi connectivity index (χ4n) is 2.18. The van der Waals surface area contributed by atoms with Gasteiger partial charge >= 0.3 is 5.97 Å². The molecule has 134 valence electrons. The zero-order valence-corrected chi connectivity index (χ0v) is 15.1. The summed E-state index contributed by atoms with van der Waals surface area (Å²) in [6.45, 7) is 8.09. The molecule has 0 fully saturated rings. The van der Waals surface area contributed by atoms with E-state index in [1.54, 1.807) is 18.7 Å². The van der Waals surface area contributed by atoms with Crippen LogP contribution in [0, 0.1) is 5.92 Å². The largest absolute Gasteiger partial charge is 0.480 e. The summed E-state index contributed by atoms with van der Waals surface area (Å²) in [5.74, 6) is -1.81. The van der Waals surface area contributed by atoms with Gasteiger partial charge in [0.25, 0.3) is 5.91 Å². The molecule has 0 bridgehead atoms. The van der Waals surface area contributed by atoms with Gasteiger partial charge in [-0.15, -0.1) is 0 Å². The van der Waals surface area contributed by atoms with Gasteiger partial charge in [0.15, 0.2) is 0 Å². The lowest BCUT2D eigenvalue weighted by Crippen LogP contribution is -2.44. The summed E-state index contributed by atoms with van der Waals surface area (Å²) in [5.41, 5.74) is 0.385. The molecule has 1 amide bonds. The van der Waals surface area contributed by atoms with Gasteiger partial charge in [0.05, 0.1) is 4.90 Å². The van der Waals surface area contributed by atoms with Crippen LogP contribution in [0.1, 0.15) is 38.1 Å². The monoisotopic (exact) mass is 356 g/mol. The summed E-state index contributed by atoms with van der Waals surface area (Å²) >= 11 is 0. The Morgan fingerprint density at radius 1 is 1.12 bits per heavy atom. The number of carbonyl (C=O) groups excluding carboxylic acids is 1. The van der Waals surface area contributed by atoms with Gasteiger partial charge in [0.2, 0.25) is 10.0 Å². The number of benzene rings is 1. The quantitative estimate of drug-likeness (QED) is 0.735. The van der Waals surface area contributed by atoms with Crippen LogP contribution in [0.5, 0.6) is 0 Å². The van der Waals surface area contributed by atoms with E-state index in [1.165, 1.54) is 24.3 Å². The van der Waals surface area contributed by atoms with E-state index < -0.39 is 28.0 Å². The average Bonchev–Trinajstić information content (AvgIpc) is 2.53. The molecule has 0 spiro atoms. The zero-order valence-electron chi connectivity index (χ0n) is 14.3. The Morgan fingerprint density at radius 3 is 2.00 bits per heavy atom. The van der Waals surface area contributed by atoms with Gasteiger partial charge in [-0.3, -0.25) is 9.59 Å². The molecule has 1 aromatic rings. The van der Waals surface area contributed by atoms with E-state index >= 15 is 0 Å². The van der Waals surface area contributed by atoms with Crippen LogP contribution in [0.3, 0.4) is 0 Å². The van der Waals surface area contributed by atoms with E-state index in [-0.39, 0.29) is 10.8 Å². The molecule has 0 aliphatic rings. The van der Waals surface area contributed by atoms with E-state index in [0.29, 0.717) is 18.7 Å². The van der Waals surface area contributed by atoms with Gasteiger partial charge in [-0.25, -0.2) is 8.42 Å². The molecule has 1 aromatic carbocycles. The van der Waals surface area contributed by atoms with Crippen molar-refractivity contribution in [2.24, 2.45) is 5.92 Å². The van der Waals surface area contributed by atoms with E-state index in [9.17, 15) is 18.0 Å². The lowest BCUT2D eigenvalue weighted by atomic mass is 10.1. The van der Waals surface area contributed by atoms with Gasteiger partial charge < -0.3 is 10.0 Å². The minimum absolute atomic E-state index is 0.0782. The third-order valence-corrected chi connectivity index (χ3v) is 5.13. The number of hydrogen-bond donors (Lipinski definition) is 2. The lowest BCUT2D eigenvalue weighted by Gasteiger charge is -2.19. The van der Waals surface area contributed by atoms with E-state index in [0.717, 1.165) is 0 Å². The van der Waals surface area contributed by atoms with Crippen molar-refractivity contribution in [3.63, 3.8) is 0 Å². The minimum atomic E-state index is -3.98. The molecule has 0 aliphatic carbocycles. The van der Waals surface area contributed by atoms with Crippen molar-refractivity contribution in [3.8, 4) is 0 Å². The molecule has 8 heteroatoms. The molecule has 0 radical (unpaired) electrons. The van der Waals surface area contributed by atoms with Gasteiger partial charge in [0, 0.05) is 18.7 Å². The second kappa shape index (κ2) is 8.25. The molecule has 2 N–H and O–H groups in total. The van der Waals surface area contributed by atoms with Crippen LogP contribution in [0.25, 0.3) is 0 Å². The van der Waals surface area contributed by atoms with Crippen LogP contribution in [-0.4, -0.2) is 49.4 Å². The van der Waals surface area contributed by atoms with Crippen LogP contribution in [-0.2, 0) is 14.8 Å². The van der Waals surface area contributed by atoms with E-state index in [1.807, 2.05) is 13.8 Å². The highest BCUT2D eigenvalue weighted by molar-refractivity contribution is 7.89. The number of hydrogen-bond acceptors (Lipinski definition) is 4. The maximum Gasteiger partial charge on any atom is 0.322 e. The minimum Gasteiger partial charge on any atom is -0.480 e. The smallest absolute Gasteiger partial charge is 0.322 e. The number of nitrogens with zero attached hydrogens (tertiary/aromatic N) is 1. The Hall–Kier alpha value is -1.93. The van der Waals surface area contributed by atoms with Crippen molar-refractivity contribution < 1.29 is 23.1 Å². The summed E-state index contributed by atoms with van der Waals surface area (Å²) < 4.78 is 26.8. The number of sulfonamides is 1. The first kappa shape index (κ1) is 20.1. The molecule has 1 atom stereocenters. The molecule has 1 rings (SSSR count). The molecular weight excluding hydrogens is 332 g/mol. The molecule has 0 aromatic heterocycles. The summed E-state index contributed by atoms with van der Waals surface area (Å²) in [6.07, 6.45) is 0. The predicted molar refractivity (Wildman–Crippen MR) is 90.3 cm³/mol. The maximum absolute atomic E-state index is 12.3. The van der Waals surface area contributed by atoms with Gasteiger partial charge in [-0.2, -0.15) is 4.72 Å². The third kappa shape index (κ3) is 4.78. The number of rotatable bonds is 8. The topological polar surface area (TPSA) is 104 Å². The van der Waals surface area contributed by atoms with Crippen molar-refractivity contribution in [2.45, 2.75) is 38.6 Å². The number of aliphatic carboxylic acids is 1. The van der Waals surface area contributed by atoms with Crippen LogP contribution in [0.15, 0.2) is 29.2 Å². The number of carboxylic acid groups (broad SMARTS) is 1. The zero-order chi connectivity index (χ0) is 18.5. The molecule has 24 heavy (non-hydrogen) atoms. The number of carbonyl (C=O) groups is 2. The van der Waals surface area contributed by atoms with Gasteiger partial charge in [-0.05, 0) is 44.0 Å². The summed E-state index contributed by atoms with van der Waals surface area (Å²) in [6, 6.07) is 4.25. The Bertz CT molecular complexity index is 679. The second-order valence-corrected chi connectivity index (χ2v) is 7.40. The molecule has 0 unspecified atom stereocenters. The fourth-order valence-corrected chi connectivity index (χ4v) is 3.51. The Morgan fingerprint density at radius 2 is 1.62 bits per heavy atom. The van der Waals surface area contributed by atoms with Crippen molar-refractivity contribution in [1.82, 2.24) is 9.62 Å². The van der Waals surface area contributed by atoms with Crippen molar-refractivity contribution in [1.29, 1.82) is 0 Å². The summed E-state index contributed by atoms with van der Waals surface area (Å²) in [5, 5.41) is 9.11. The highest BCUT2D eigenvalue weighted by Crippen LogP contribution is 2.14. The Labute approximate surface area is 142 Å². The SMILES string of the molecule is CCN(CC)C(=O)c1ccc(S(=O)(=O)N[C@H](C(=O)O)C(C)C)cc1. The highest BCUT2D eigenvalue weighted by Gasteiger charge is 2.28. The van der Waals surface area contributed by atoms with Gasteiger partial charge in [0.1, 0.15) is 6.04 Å². The van der Waals surface area contributed by atoms with Crippen LogP contribution < -0.4 is 4.72 Å². The van der Waals surface area contributed by atoms with Crippen molar-refractivity contribution in [2.75, 3.05) is 13.1 Å². The average molecular weight is 356 g/mol. The molecule has 0 saturated carbocycles. The maximum atomic E-state index is 12.3. The number of carboxylic acids is 1. The first-order chi connectivity index (χ1) is 11.1. The van der Waals surface area contributed by atoms with Crippen LogP contribution in [0.2, 0.25) is 0 Å². The van der Waals surface area contributed by atoms with E-state index in [4.69, 9.17) is 5.11 Å². The molecule has 7 nitrogen and oxygen atoms in total. The number of nitrogens with one attached hydrogen (secondary N) is 1. The number of amides is 1. The molecule has 0 aliphatic heterocycles. The lowest BCUT2D eigenvalue weighted by molar-refractivity contribution is -0.140. The fraction of sp³-hybridized carbons (Fsp3) is 0.500. The van der Waals surface area contributed by atoms with Crippen LogP contribution >= 0.6 is 0 Å². The normalized spacial score (nSPS) is 12.9. The highest BCUT2D eigenvalue weighted by atomic mass is 32.2. The second-order valence-electron chi connectivity index (χ2n) is 5.68. The molecule has 0 heterocycles. The van der Waals surface area contributed by atoms with Crippen molar-refractivity contribution >= 4 is 21.9 Å². The Balaban J connectivity index is 3.03. The molecular formula is C16H24N2O5S. The predicted octanol–water partition coefficient (Wildman–Crippen LogP) is 1.56. The Kier molecular flexibility index (Phi) is 6.92. The first-order valence-corrected chi connectivity index (χ1v) is 9.26. The summed E-state index contributed by atoms with van der Waals surface area (Å²) in [7, 11) is -3.98. The van der Waals surface area contributed by atoms with Crippen LogP contribution in [0.4, 0.5) is 0 Å². The standard InChI is InChI=1S/C16H24N2O5S/c1-5-18(6-2)15(19)12-7-9-13(10-8-12)24(22,23)17-14(11(3)4)16(20)21/h7-11,14,17H,5-6H2,1-4H3,(H,20,21)/t14-/m0/s1. The van der Waals surface area contributed by atoms with Crippen molar-refractivity contribution in [3.05, 3.63) is 29.8 Å². The molecule has 0 saturated heterocycles.